The van der Waals surface area contributed by atoms with Crippen molar-refractivity contribution in [2.24, 2.45) is 0 Å². The molecular formula is C29H32O14. The van der Waals surface area contributed by atoms with Crippen LogP contribution in [0.3, 0.4) is 0 Å². The van der Waals surface area contributed by atoms with Crippen LogP contribution < -0.4 is 14.2 Å². The second-order valence-corrected chi connectivity index (χ2v) is 9.25. The van der Waals surface area contributed by atoms with Crippen molar-refractivity contribution in [2.45, 2.75) is 58.4 Å². The van der Waals surface area contributed by atoms with Gasteiger partial charge in [-0.3, -0.25) is 24.0 Å². The van der Waals surface area contributed by atoms with Gasteiger partial charge in [0.25, 0.3) is 0 Å². The highest BCUT2D eigenvalue weighted by Crippen LogP contribution is 2.32. The van der Waals surface area contributed by atoms with E-state index in [0.717, 1.165) is 33.8 Å². The Bertz CT molecular complexity index is 1320. The second-order valence-electron chi connectivity index (χ2n) is 9.25. The number of hydrogen-bond donors (Lipinski definition) is 1. The molecule has 0 spiro atoms. The normalized spacial score (nSPS) is 21.1. The number of ketones is 1. The number of methoxy groups -OCH3 is 1. The van der Waals surface area contributed by atoms with Crippen LogP contribution in [0.1, 0.15) is 38.1 Å². The third-order valence-electron chi connectivity index (χ3n) is 5.90. The lowest BCUT2D eigenvalue weighted by atomic mass is 9.98. The minimum absolute atomic E-state index is 0.0361. The summed E-state index contributed by atoms with van der Waals surface area (Å²) in [7, 11) is 1.52. The van der Waals surface area contributed by atoms with E-state index in [2.05, 4.69) is 0 Å². The highest BCUT2D eigenvalue weighted by Gasteiger charge is 2.53. The molecule has 2 aromatic carbocycles. The van der Waals surface area contributed by atoms with E-state index in [-0.39, 0.29) is 17.9 Å². The van der Waals surface area contributed by atoms with Gasteiger partial charge in [-0.05, 0) is 36.4 Å². The first-order valence-electron chi connectivity index (χ1n) is 13.0. The van der Waals surface area contributed by atoms with E-state index in [0.29, 0.717) is 11.5 Å². The van der Waals surface area contributed by atoms with Gasteiger partial charge in [-0.2, -0.15) is 0 Å². The molecule has 0 saturated carbocycles. The molecule has 2 aromatic rings. The predicted octanol–water partition coefficient (Wildman–Crippen LogP) is 2.12. The van der Waals surface area contributed by atoms with Crippen LogP contribution in [0.25, 0.3) is 0 Å². The molecule has 0 radical (unpaired) electrons. The van der Waals surface area contributed by atoms with Crippen molar-refractivity contribution < 1.29 is 67.0 Å². The lowest BCUT2D eigenvalue weighted by Gasteiger charge is -2.43. The molecule has 1 heterocycles. The standard InChI is InChI=1S/C29H32O14/c1-15(30)37-14-25-26(39-16(2)31)27(40-17(3)32)28(41-18(4)33)29(43-25)42-21-10-11-22(23(34)12-21)24(35)13-38-20-8-6-19(36-5)7-9-20/h6-12,25-29,34H,13-14H2,1-5H3/t25-,26-,27+,28-,29-/m0/s1. The van der Waals surface area contributed by atoms with Crippen molar-refractivity contribution in [3.05, 3.63) is 48.0 Å². The first-order valence-corrected chi connectivity index (χ1v) is 13.0. The highest BCUT2D eigenvalue weighted by atomic mass is 16.7. The van der Waals surface area contributed by atoms with E-state index in [9.17, 15) is 29.1 Å². The van der Waals surface area contributed by atoms with Crippen LogP contribution in [0, 0.1) is 0 Å². The number of carbonyl (C=O) groups is 5. The largest absolute Gasteiger partial charge is 0.507 e. The topological polar surface area (TPSA) is 179 Å². The molecule has 0 aliphatic carbocycles. The number of esters is 4. The minimum Gasteiger partial charge on any atom is -0.507 e. The van der Waals surface area contributed by atoms with E-state index in [1.807, 2.05) is 0 Å². The Kier molecular flexibility index (Phi) is 11.3. The van der Waals surface area contributed by atoms with E-state index in [1.165, 1.54) is 19.2 Å². The number of rotatable bonds is 12. The van der Waals surface area contributed by atoms with Gasteiger partial charge in [0.05, 0.1) is 12.7 Å². The number of ether oxygens (including phenoxy) is 8. The maximum atomic E-state index is 12.7. The lowest BCUT2D eigenvalue weighted by Crippen LogP contribution is -2.63. The molecule has 5 atom stereocenters. The fourth-order valence-corrected chi connectivity index (χ4v) is 4.14. The van der Waals surface area contributed by atoms with Crippen molar-refractivity contribution in [3.8, 4) is 23.0 Å². The van der Waals surface area contributed by atoms with Gasteiger partial charge in [-0.1, -0.05) is 0 Å². The van der Waals surface area contributed by atoms with Crippen LogP contribution >= 0.6 is 0 Å². The highest BCUT2D eigenvalue weighted by molar-refractivity contribution is 5.99. The molecule has 1 N–H and O–H groups in total. The van der Waals surface area contributed by atoms with Gasteiger partial charge in [-0.15, -0.1) is 0 Å². The van der Waals surface area contributed by atoms with Gasteiger partial charge in [0, 0.05) is 33.8 Å². The van der Waals surface area contributed by atoms with Crippen LogP contribution in [0.5, 0.6) is 23.0 Å². The van der Waals surface area contributed by atoms with E-state index < -0.39 is 72.7 Å². The molecule has 14 nitrogen and oxygen atoms in total. The van der Waals surface area contributed by atoms with Crippen LogP contribution in [0.2, 0.25) is 0 Å². The van der Waals surface area contributed by atoms with Gasteiger partial charge in [0.15, 0.2) is 18.8 Å². The molecule has 43 heavy (non-hydrogen) atoms. The molecule has 3 rings (SSSR count). The Morgan fingerprint density at radius 3 is 1.86 bits per heavy atom. The summed E-state index contributed by atoms with van der Waals surface area (Å²) in [6, 6.07) is 10.3. The summed E-state index contributed by atoms with van der Waals surface area (Å²) >= 11 is 0. The fraction of sp³-hybridized carbons (Fsp3) is 0.414. The Morgan fingerprint density at radius 2 is 1.30 bits per heavy atom. The second kappa shape index (κ2) is 14.9. The van der Waals surface area contributed by atoms with Gasteiger partial charge >= 0.3 is 23.9 Å². The number of phenols is 1. The molecule has 232 valence electrons. The minimum atomic E-state index is -1.51. The third-order valence-corrected chi connectivity index (χ3v) is 5.90. The van der Waals surface area contributed by atoms with Gasteiger partial charge < -0.3 is 43.0 Å². The molecule has 1 fully saturated rings. The van der Waals surface area contributed by atoms with Crippen LogP contribution in [0.4, 0.5) is 0 Å². The van der Waals surface area contributed by atoms with Crippen molar-refractivity contribution in [1.29, 1.82) is 0 Å². The first kappa shape index (κ1) is 32.7. The molecular weight excluding hydrogens is 572 g/mol. The average Bonchev–Trinajstić information content (AvgIpc) is 2.93. The van der Waals surface area contributed by atoms with E-state index >= 15 is 0 Å². The average molecular weight is 605 g/mol. The lowest BCUT2D eigenvalue weighted by molar-refractivity contribution is -0.288. The van der Waals surface area contributed by atoms with Crippen molar-refractivity contribution in [1.82, 2.24) is 0 Å². The Morgan fingerprint density at radius 1 is 0.744 bits per heavy atom. The summed E-state index contributed by atoms with van der Waals surface area (Å²) < 4.78 is 43.4. The van der Waals surface area contributed by atoms with E-state index in [4.69, 9.17) is 37.9 Å². The quantitative estimate of drug-likeness (QED) is 0.211. The van der Waals surface area contributed by atoms with Crippen LogP contribution in [0.15, 0.2) is 42.5 Å². The Hall–Kier alpha value is -4.85. The number of Topliss-reactive ketones (excluding diaryl/α,β-unsaturated/α-hetero) is 1. The maximum Gasteiger partial charge on any atom is 0.303 e. The number of carbonyl (C=O) groups excluding carboxylic acids is 5. The Balaban J connectivity index is 1.84. The summed E-state index contributed by atoms with van der Waals surface area (Å²) in [6.07, 6.45) is -7.00. The maximum absolute atomic E-state index is 12.7. The number of aromatic hydroxyl groups is 1. The molecule has 0 bridgehead atoms. The summed E-state index contributed by atoms with van der Waals surface area (Å²) in [5.41, 5.74) is -0.0672. The zero-order valence-electron chi connectivity index (χ0n) is 24.1. The monoisotopic (exact) mass is 604 g/mol. The molecule has 1 aliphatic rings. The predicted molar refractivity (Wildman–Crippen MR) is 144 cm³/mol. The molecule has 1 aliphatic heterocycles. The van der Waals surface area contributed by atoms with Gasteiger partial charge in [-0.25, -0.2) is 0 Å². The fourth-order valence-electron chi connectivity index (χ4n) is 4.14. The summed E-state index contributed by atoms with van der Waals surface area (Å²) in [5.74, 6) is -3.05. The van der Waals surface area contributed by atoms with Gasteiger partial charge in [0.1, 0.15) is 35.7 Å². The van der Waals surface area contributed by atoms with Crippen LogP contribution in [-0.4, -0.2) is 85.8 Å². The smallest absolute Gasteiger partial charge is 0.303 e. The van der Waals surface area contributed by atoms with E-state index in [1.54, 1.807) is 24.3 Å². The van der Waals surface area contributed by atoms with Crippen molar-refractivity contribution >= 4 is 29.7 Å². The van der Waals surface area contributed by atoms with Crippen molar-refractivity contribution in [3.63, 3.8) is 0 Å². The molecule has 0 aromatic heterocycles. The number of phenolic OH excluding ortho intramolecular Hbond substituents is 1. The zero-order valence-corrected chi connectivity index (χ0v) is 24.1. The summed E-state index contributed by atoms with van der Waals surface area (Å²) in [4.78, 5) is 60.0. The SMILES string of the molecule is COc1ccc(OCC(=O)c2ccc(O[C@H]3O[C@@H](COC(C)=O)[C@H](OC(C)=O)[C@@H](OC(C)=O)[C@@H]3OC(C)=O)cc2O)cc1. The molecule has 14 heteroatoms. The summed E-state index contributed by atoms with van der Waals surface area (Å²) in [5, 5.41) is 10.6. The first-order chi connectivity index (χ1) is 20.4. The third kappa shape index (κ3) is 9.33. The number of hydrogen-bond acceptors (Lipinski definition) is 14. The molecule has 0 unspecified atom stereocenters. The summed E-state index contributed by atoms with van der Waals surface area (Å²) in [6.45, 7) is 3.62. The van der Waals surface area contributed by atoms with Crippen LogP contribution in [-0.2, 0) is 42.9 Å². The molecule has 0 amide bonds. The van der Waals surface area contributed by atoms with Gasteiger partial charge in [0.2, 0.25) is 18.2 Å². The number of benzene rings is 2. The zero-order chi connectivity index (χ0) is 31.7. The molecule has 1 saturated heterocycles. The Labute approximate surface area is 246 Å². The van der Waals surface area contributed by atoms with Crippen molar-refractivity contribution in [2.75, 3.05) is 20.3 Å².